The minimum absolute atomic E-state index is 0.0797. The molecule has 0 atom stereocenters. The summed E-state index contributed by atoms with van der Waals surface area (Å²) in [6, 6.07) is 10.0. The molecule has 0 unspecified atom stereocenters. The van der Waals surface area contributed by atoms with Crippen LogP contribution in [-0.2, 0) is 4.79 Å². The molecule has 0 spiro atoms. The Morgan fingerprint density at radius 2 is 2.04 bits per heavy atom. The van der Waals surface area contributed by atoms with Crippen LogP contribution in [0.4, 0.5) is 10.1 Å². The van der Waals surface area contributed by atoms with Gasteiger partial charge in [0.25, 0.3) is 5.91 Å². The smallest absolute Gasteiger partial charge is 0.266 e. The van der Waals surface area contributed by atoms with E-state index in [2.05, 4.69) is 21.2 Å². The Bertz CT molecular complexity index is 842. The average Bonchev–Trinajstić information content (AvgIpc) is 2.57. The van der Waals surface area contributed by atoms with Crippen molar-refractivity contribution in [1.29, 1.82) is 5.26 Å². The van der Waals surface area contributed by atoms with Gasteiger partial charge >= 0.3 is 0 Å². The van der Waals surface area contributed by atoms with Crippen LogP contribution in [0, 0.1) is 17.1 Å². The zero-order valence-corrected chi connectivity index (χ0v) is 14.1. The molecule has 2 aromatic rings. The number of methoxy groups -OCH3 is 1. The Morgan fingerprint density at radius 3 is 2.62 bits per heavy atom. The lowest BCUT2D eigenvalue weighted by molar-refractivity contribution is -0.112. The number of aromatic hydroxyl groups is 1. The number of carbonyl (C=O) groups excluding carboxylic acids is 1. The molecule has 122 valence electrons. The molecule has 2 rings (SSSR count). The molecule has 7 heteroatoms. The number of phenolic OH excluding ortho intramolecular Hbond substituents is 1. The minimum atomic E-state index is -0.632. The molecule has 5 nitrogen and oxygen atoms in total. The summed E-state index contributed by atoms with van der Waals surface area (Å²) in [4.78, 5) is 12.2. The lowest BCUT2D eigenvalue weighted by Crippen LogP contribution is -2.13. The molecule has 2 aromatic carbocycles. The number of nitrogens with one attached hydrogen (secondary N) is 1. The molecule has 0 fully saturated rings. The molecule has 0 aliphatic heterocycles. The Morgan fingerprint density at radius 1 is 1.38 bits per heavy atom. The number of rotatable bonds is 4. The predicted molar refractivity (Wildman–Crippen MR) is 91.0 cm³/mol. The van der Waals surface area contributed by atoms with Crippen molar-refractivity contribution in [3.63, 3.8) is 0 Å². The third-order valence-corrected chi connectivity index (χ3v) is 3.65. The SMILES string of the molecule is COc1cc(/C=C(/C#N)C(=O)Nc2ccc(F)cc2)cc(Br)c1O. The maximum Gasteiger partial charge on any atom is 0.266 e. The highest BCUT2D eigenvalue weighted by Crippen LogP contribution is 2.35. The summed E-state index contributed by atoms with van der Waals surface area (Å²) < 4.78 is 18.3. The summed E-state index contributed by atoms with van der Waals surface area (Å²) in [7, 11) is 1.39. The van der Waals surface area contributed by atoms with Crippen molar-refractivity contribution in [2.24, 2.45) is 0 Å². The largest absolute Gasteiger partial charge is 0.503 e. The number of amides is 1. The van der Waals surface area contributed by atoms with Gasteiger partial charge in [0.15, 0.2) is 11.5 Å². The van der Waals surface area contributed by atoms with Crippen LogP contribution in [0.25, 0.3) is 6.08 Å². The molecule has 0 heterocycles. The highest BCUT2D eigenvalue weighted by molar-refractivity contribution is 9.10. The van der Waals surface area contributed by atoms with E-state index in [-0.39, 0.29) is 17.1 Å². The first-order valence-electron chi connectivity index (χ1n) is 6.70. The van der Waals surface area contributed by atoms with Crippen LogP contribution in [0.2, 0.25) is 0 Å². The second kappa shape index (κ2) is 7.62. The Balaban J connectivity index is 2.29. The van der Waals surface area contributed by atoms with E-state index in [1.54, 1.807) is 6.07 Å². The number of ether oxygens (including phenoxy) is 1. The number of hydrogen-bond acceptors (Lipinski definition) is 4. The van der Waals surface area contributed by atoms with Crippen LogP contribution in [0.1, 0.15) is 5.56 Å². The van der Waals surface area contributed by atoms with Crippen LogP contribution in [0.3, 0.4) is 0 Å². The zero-order chi connectivity index (χ0) is 17.7. The van der Waals surface area contributed by atoms with Gasteiger partial charge in [0.05, 0.1) is 11.6 Å². The molecule has 0 radical (unpaired) electrons. The fourth-order valence-electron chi connectivity index (χ4n) is 1.88. The summed E-state index contributed by atoms with van der Waals surface area (Å²) in [6.07, 6.45) is 1.35. The second-order valence-electron chi connectivity index (χ2n) is 4.68. The van der Waals surface area contributed by atoms with Crippen molar-refractivity contribution in [1.82, 2.24) is 0 Å². The summed E-state index contributed by atoms with van der Waals surface area (Å²) in [5.41, 5.74) is 0.702. The number of hydrogen-bond donors (Lipinski definition) is 2. The van der Waals surface area contributed by atoms with Crippen LogP contribution in [0.15, 0.2) is 46.4 Å². The lowest BCUT2D eigenvalue weighted by Gasteiger charge is -2.07. The first kappa shape index (κ1) is 17.5. The summed E-state index contributed by atoms with van der Waals surface area (Å²) >= 11 is 3.17. The van der Waals surface area contributed by atoms with Gasteiger partial charge in [0.2, 0.25) is 0 Å². The van der Waals surface area contributed by atoms with Crippen molar-refractivity contribution in [2.45, 2.75) is 0 Å². The molecule has 0 bridgehead atoms. The molecule has 0 aromatic heterocycles. The van der Waals surface area contributed by atoms with E-state index in [4.69, 9.17) is 4.74 Å². The Labute approximate surface area is 146 Å². The van der Waals surface area contributed by atoms with Crippen LogP contribution >= 0.6 is 15.9 Å². The number of nitrogens with zero attached hydrogens (tertiary/aromatic N) is 1. The first-order chi connectivity index (χ1) is 11.4. The molecule has 0 aliphatic carbocycles. The number of anilines is 1. The van der Waals surface area contributed by atoms with E-state index in [9.17, 15) is 19.6 Å². The Hall–Kier alpha value is -2.85. The van der Waals surface area contributed by atoms with E-state index in [0.29, 0.717) is 15.7 Å². The molecule has 2 N–H and O–H groups in total. The number of carbonyl (C=O) groups is 1. The Kier molecular flexibility index (Phi) is 5.55. The molecule has 24 heavy (non-hydrogen) atoms. The maximum atomic E-state index is 12.9. The fourth-order valence-corrected chi connectivity index (χ4v) is 2.34. The van der Waals surface area contributed by atoms with E-state index in [1.165, 1.54) is 43.5 Å². The molecule has 0 aliphatic rings. The zero-order valence-electron chi connectivity index (χ0n) is 12.5. The van der Waals surface area contributed by atoms with Gasteiger partial charge in [0, 0.05) is 5.69 Å². The second-order valence-corrected chi connectivity index (χ2v) is 5.54. The van der Waals surface area contributed by atoms with E-state index in [0.717, 1.165) is 0 Å². The summed E-state index contributed by atoms with van der Waals surface area (Å²) in [5.74, 6) is -0.937. The first-order valence-corrected chi connectivity index (χ1v) is 7.49. The van der Waals surface area contributed by atoms with E-state index >= 15 is 0 Å². The maximum absolute atomic E-state index is 12.9. The highest BCUT2D eigenvalue weighted by atomic mass is 79.9. The normalized spacial score (nSPS) is 10.8. The van der Waals surface area contributed by atoms with Gasteiger partial charge in [-0.2, -0.15) is 5.26 Å². The van der Waals surface area contributed by atoms with Gasteiger partial charge in [-0.15, -0.1) is 0 Å². The monoisotopic (exact) mass is 390 g/mol. The topological polar surface area (TPSA) is 82.3 Å². The molecule has 0 saturated heterocycles. The van der Waals surface area contributed by atoms with E-state index < -0.39 is 11.7 Å². The van der Waals surface area contributed by atoms with Crippen molar-refractivity contribution in [3.05, 3.63) is 57.8 Å². The number of halogens is 2. The van der Waals surface area contributed by atoms with Gasteiger partial charge in [-0.25, -0.2) is 4.39 Å². The van der Waals surface area contributed by atoms with Crippen molar-refractivity contribution < 1.29 is 19.0 Å². The van der Waals surface area contributed by atoms with E-state index in [1.807, 2.05) is 6.07 Å². The van der Waals surface area contributed by atoms with Gasteiger partial charge in [-0.3, -0.25) is 4.79 Å². The van der Waals surface area contributed by atoms with Crippen LogP contribution in [-0.4, -0.2) is 18.1 Å². The van der Waals surface area contributed by atoms with Gasteiger partial charge < -0.3 is 15.2 Å². The highest BCUT2D eigenvalue weighted by Gasteiger charge is 2.12. The van der Waals surface area contributed by atoms with Crippen molar-refractivity contribution in [2.75, 3.05) is 12.4 Å². The molecular formula is C17H12BrFN2O3. The molecule has 1 amide bonds. The summed E-state index contributed by atoms with van der Waals surface area (Å²) in [6.45, 7) is 0. The predicted octanol–water partition coefficient (Wildman–Crippen LogP) is 3.85. The average molecular weight is 391 g/mol. The lowest BCUT2D eigenvalue weighted by atomic mass is 10.1. The van der Waals surface area contributed by atoms with Crippen molar-refractivity contribution in [3.8, 4) is 17.6 Å². The standard InChI is InChI=1S/C17H12BrFN2O3/c1-24-15-8-10(7-14(18)16(15)22)6-11(9-20)17(23)21-13-4-2-12(19)3-5-13/h2-8,22H,1H3,(H,21,23)/b11-6-. The fraction of sp³-hybridized carbons (Fsp3) is 0.0588. The molecular weight excluding hydrogens is 379 g/mol. The summed E-state index contributed by atoms with van der Waals surface area (Å²) in [5, 5.41) is 21.5. The van der Waals surface area contributed by atoms with Crippen LogP contribution < -0.4 is 10.1 Å². The minimum Gasteiger partial charge on any atom is -0.503 e. The third kappa shape index (κ3) is 4.12. The van der Waals surface area contributed by atoms with Gasteiger partial charge in [0.1, 0.15) is 17.5 Å². The van der Waals surface area contributed by atoms with Crippen molar-refractivity contribution >= 4 is 33.6 Å². The number of nitriles is 1. The molecule has 0 saturated carbocycles. The number of phenols is 1. The number of benzene rings is 2. The van der Waals surface area contributed by atoms with Crippen LogP contribution in [0.5, 0.6) is 11.5 Å². The quantitative estimate of drug-likeness (QED) is 0.613. The van der Waals surface area contributed by atoms with Gasteiger partial charge in [-0.1, -0.05) is 0 Å². The third-order valence-electron chi connectivity index (χ3n) is 3.05. The van der Waals surface area contributed by atoms with Gasteiger partial charge in [-0.05, 0) is 64.0 Å².